The van der Waals surface area contributed by atoms with Gasteiger partial charge in [0.1, 0.15) is 0 Å². The lowest BCUT2D eigenvalue weighted by molar-refractivity contribution is -0.120. The molecule has 128 valence electrons. The molecule has 1 N–H and O–H groups in total. The molecule has 0 aromatic heterocycles. The van der Waals surface area contributed by atoms with Crippen molar-refractivity contribution in [2.45, 2.75) is 33.1 Å². The van der Waals surface area contributed by atoms with Crippen molar-refractivity contribution in [3.05, 3.63) is 29.8 Å². The Bertz CT molecular complexity index is 639. The topological polar surface area (TPSA) is 83.6 Å². The Morgan fingerprint density at radius 1 is 1.17 bits per heavy atom. The molecule has 1 rings (SSSR count). The molecule has 0 fully saturated rings. The van der Waals surface area contributed by atoms with E-state index in [1.807, 2.05) is 6.92 Å². The highest BCUT2D eigenvalue weighted by Crippen LogP contribution is 2.19. The molecule has 23 heavy (non-hydrogen) atoms. The zero-order valence-electron chi connectivity index (χ0n) is 13.8. The molecule has 0 bridgehead atoms. The number of anilines is 1. The van der Waals surface area contributed by atoms with Crippen LogP contribution in [-0.4, -0.2) is 39.5 Å². The zero-order chi connectivity index (χ0) is 17.5. The lowest BCUT2D eigenvalue weighted by Crippen LogP contribution is -2.34. The van der Waals surface area contributed by atoms with Gasteiger partial charge in [-0.3, -0.25) is 13.9 Å². The summed E-state index contributed by atoms with van der Waals surface area (Å²) in [4.78, 5) is 23.0. The number of Topliss-reactive ketones (excluding diaryl/α,β-unsaturated/α-hetero) is 1. The van der Waals surface area contributed by atoms with Crippen molar-refractivity contribution in [3.8, 4) is 0 Å². The van der Waals surface area contributed by atoms with Crippen molar-refractivity contribution >= 4 is 27.4 Å². The molecule has 1 amide bonds. The summed E-state index contributed by atoms with van der Waals surface area (Å²) in [7, 11) is -3.50. The summed E-state index contributed by atoms with van der Waals surface area (Å²) in [5, 5.41) is 2.76. The quantitative estimate of drug-likeness (QED) is 0.550. The predicted octanol–water partition coefficient (Wildman–Crippen LogP) is 1.96. The highest BCUT2D eigenvalue weighted by Gasteiger charge is 2.18. The Balaban J connectivity index is 2.78. The second-order valence-corrected chi connectivity index (χ2v) is 7.30. The molecule has 0 spiro atoms. The maximum absolute atomic E-state index is 12.0. The monoisotopic (exact) mass is 340 g/mol. The first-order valence-electron chi connectivity index (χ1n) is 7.61. The van der Waals surface area contributed by atoms with Gasteiger partial charge in [0.05, 0.1) is 11.9 Å². The van der Waals surface area contributed by atoms with Crippen LogP contribution in [0, 0.1) is 0 Å². The van der Waals surface area contributed by atoms with E-state index in [1.165, 1.54) is 11.2 Å². The number of hydrogen-bond acceptors (Lipinski definition) is 4. The van der Waals surface area contributed by atoms with E-state index in [9.17, 15) is 18.0 Å². The summed E-state index contributed by atoms with van der Waals surface area (Å²) in [6, 6.07) is 6.31. The van der Waals surface area contributed by atoms with Gasteiger partial charge in [-0.1, -0.05) is 13.3 Å². The molecular formula is C16H24N2O4S. The molecular weight excluding hydrogens is 316 g/mol. The van der Waals surface area contributed by atoms with Crippen molar-refractivity contribution in [1.29, 1.82) is 0 Å². The number of hydrogen-bond donors (Lipinski definition) is 1. The van der Waals surface area contributed by atoms with E-state index in [-0.39, 0.29) is 24.7 Å². The van der Waals surface area contributed by atoms with Gasteiger partial charge < -0.3 is 5.32 Å². The molecule has 0 atom stereocenters. The van der Waals surface area contributed by atoms with Crippen LogP contribution in [0.3, 0.4) is 0 Å². The fourth-order valence-corrected chi connectivity index (χ4v) is 2.97. The smallest absolute Gasteiger partial charge is 0.232 e. The number of carbonyl (C=O) groups excluding carboxylic acids is 2. The number of nitrogens with one attached hydrogen (secondary N) is 1. The van der Waals surface area contributed by atoms with Crippen molar-refractivity contribution in [3.63, 3.8) is 0 Å². The number of nitrogens with zero attached hydrogens (tertiary/aromatic N) is 1. The maximum Gasteiger partial charge on any atom is 0.232 e. The minimum absolute atomic E-state index is 0.0657. The number of carbonyl (C=O) groups is 2. The lowest BCUT2D eigenvalue weighted by atomic mass is 10.1. The lowest BCUT2D eigenvalue weighted by Gasteiger charge is -2.22. The standard InChI is InChI=1S/C16H24N2O4S/c1-4-5-11-17-16(20)10-12-18(23(3,21)22)15-8-6-14(7-9-15)13(2)19/h6-9H,4-5,10-12H2,1-3H3,(H,17,20). The Morgan fingerprint density at radius 2 is 1.78 bits per heavy atom. The van der Waals surface area contributed by atoms with Gasteiger partial charge in [0, 0.05) is 25.1 Å². The van der Waals surface area contributed by atoms with Crippen LogP contribution in [0.1, 0.15) is 43.5 Å². The van der Waals surface area contributed by atoms with Crippen LogP contribution < -0.4 is 9.62 Å². The highest BCUT2D eigenvalue weighted by molar-refractivity contribution is 7.92. The van der Waals surface area contributed by atoms with Gasteiger partial charge >= 0.3 is 0 Å². The van der Waals surface area contributed by atoms with E-state index >= 15 is 0 Å². The first-order chi connectivity index (χ1) is 10.8. The average Bonchev–Trinajstić information content (AvgIpc) is 2.47. The predicted molar refractivity (Wildman–Crippen MR) is 91.2 cm³/mol. The molecule has 0 unspecified atom stereocenters. The molecule has 0 saturated carbocycles. The first-order valence-corrected chi connectivity index (χ1v) is 9.46. The van der Waals surface area contributed by atoms with Gasteiger partial charge in [-0.15, -0.1) is 0 Å². The number of sulfonamides is 1. The molecule has 0 radical (unpaired) electrons. The molecule has 7 heteroatoms. The SMILES string of the molecule is CCCCNC(=O)CCN(c1ccc(C(C)=O)cc1)S(C)(=O)=O. The number of benzene rings is 1. The average molecular weight is 340 g/mol. The third-order valence-electron chi connectivity index (χ3n) is 3.36. The fraction of sp³-hybridized carbons (Fsp3) is 0.500. The Kier molecular flexibility index (Phi) is 7.22. The summed E-state index contributed by atoms with van der Waals surface area (Å²) in [5.41, 5.74) is 0.957. The van der Waals surface area contributed by atoms with Crippen LogP contribution in [0.15, 0.2) is 24.3 Å². The summed E-state index contributed by atoms with van der Waals surface area (Å²) < 4.78 is 25.1. The Labute approximate surface area is 137 Å². The molecule has 0 aliphatic heterocycles. The highest BCUT2D eigenvalue weighted by atomic mass is 32.2. The largest absolute Gasteiger partial charge is 0.356 e. The Morgan fingerprint density at radius 3 is 2.26 bits per heavy atom. The van der Waals surface area contributed by atoms with Crippen LogP contribution in [0.4, 0.5) is 5.69 Å². The molecule has 0 saturated heterocycles. The molecule has 0 aliphatic carbocycles. The van der Waals surface area contributed by atoms with E-state index in [0.29, 0.717) is 17.8 Å². The molecule has 0 heterocycles. The summed E-state index contributed by atoms with van der Waals surface area (Å²) in [6.45, 7) is 4.14. The number of rotatable bonds is 9. The summed E-state index contributed by atoms with van der Waals surface area (Å²) in [5.74, 6) is -0.259. The zero-order valence-corrected chi connectivity index (χ0v) is 14.6. The van der Waals surface area contributed by atoms with Crippen molar-refractivity contribution in [1.82, 2.24) is 5.32 Å². The van der Waals surface area contributed by atoms with Gasteiger partial charge in [0.25, 0.3) is 0 Å². The van der Waals surface area contributed by atoms with Crippen LogP contribution >= 0.6 is 0 Å². The molecule has 0 aliphatic rings. The van der Waals surface area contributed by atoms with E-state index in [2.05, 4.69) is 5.32 Å². The van der Waals surface area contributed by atoms with Gasteiger partial charge in [-0.05, 0) is 37.6 Å². The van der Waals surface area contributed by atoms with E-state index < -0.39 is 10.0 Å². The fourth-order valence-electron chi connectivity index (χ4n) is 2.04. The van der Waals surface area contributed by atoms with E-state index in [1.54, 1.807) is 24.3 Å². The van der Waals surface area contributed by atoms with Gasteiger partial charge in [-0.25, -0.2) is 8.42 Å². The van der Waals surface area contributed by atoms with E-state index in [4.69, 9.17) is 0 Å². The second-order valence-electron chi connectivity index (χ2n) is 5.39. The summed E-state index contributed by atoms with van der Waals surface area (Å²) >= 11 is 0. The summed E-state index contributed by atoms with van der Waals surface area (Å²) in [6.07, 6.45) is 3.07. The molecule has 1 aromatic rings. The molecule has 1 aromatic carbocycles. The third kappa shape index (κ3) is 6.40. The van der Waals surface area contributed by atoms with Crippen LogP contribution in [-0.2, 0) is 14.8 Å². The van der Waals surface area contributed by atoms with Gasteiger partial charge in [0.15, 0.2) is 5.78 Å². The van der Waals surface area contributed by atoms with Crippen molar-refractivity contribution in [2.75, 3.05) is 23.7 Å². The first kappa shape index (κ1) is 19.2. The maximum atomic E-state index is 12.0. The number of amides is 1. The van der Waals surface area contributed by atoms with Gasteiger partial charge in [-0.2, -0.15) is 0 Å². The number of ketones is 1. The third-order valence-corrected chi connectivity index (χ3v) is 4.55. The van der Waals surface area contributed by atoms with Crippen LogP contribution in [0.25, 0.3) is 0 Å². The van der Waals surface area contributed by atoms with Crippen molar-refractivity contribution < 1.29 is 18.0 Å². The van der Waals surface area contributed by atoms with Crippen LogP contribution in [0.2, 0.25) is 0 Å². The minimum atomic E-state index is -3.50. The Hall–Kier alpha value is -1.89. The van der Waals surface area contributed by atoms with Gasteiger partial charge in [0.2, 0.25) is 15.9 Å². The minimum Gasteiger partial charge on any atom is -0.356 e. The number of unbranched alkanes of at least 4 members (excludes halogenated alkanes) is 1. The molecule has 6 nitrogen and oxygen atoms in total. The van der Waals surface area contributed by atoms with E-state index in [0.717, 1.165) is 19.1 Å². The van der Waals surface area contributed by atoms with Crippen LogP contribution in [0.5, 0.6) is 0 Å². The second kappa shape index (κ2) is 8.67. The van der Waals surface area contributed by atoms with Crippen molar-refractivity contribution in [2.24, 2.45) is 0 Å². The normalized spacial score (nSPS) is 11.1.